The van der Waals surface area contributed by atoms with Gasteiger partial charge in [0.25, 0.3) is 0 Å². The van der Waals surface area contributed by atoms with Gasteiger partial charge in [-0.3, -0.25) is 4.79 Å². The van der Waals surface area contributed by atoms with Gasteiger partial charge in [-0.05, 0) is 23.3 Å². The number of hydrogen-bond acceptors (Lipinski definition) is 3. The lowest BCUT2D eigenvalue weighted by atomic mass is 10.0. The normalized spacial score (nSPS) is 11.8. The van der Waals surface area contributed by atoms with Crippen LogP contribution in [-0.2, 0) is 22.3 Å². The van der Waals surface area contributed by atoms with Gasteiger partial charge in [0.15, 0.2) is 0 Å². The zero-order chi connectivity index (χ0) is 14.5. The summed E-state index contributed by atoms with van der Waals surface area (Å²) in [6, 6.07) is 3.07. The van der Waals surface area contributed by atoms with Crippen molar-refractivity contribution >= 4 is 12.0 Å². The zero-order valence-corrected chi connectivity index (χ0v) is 10.2. The van der Waals surface area contributed by atoms with E-state index in [9.17, 15) is 18.0 Å². The van der Waals surface area contributed by atoms with E-state index in [1.54, 1.807) is 0 Å². The molecule has 0 fully saturated rings. The van der Waals surface area contributed by atoms with E-state index in [4.69, 9.17) is 5.11 Å². The molecular formula is C13H13F3O3. The van der Waals surface area contributed by atoms with E-state index in [-0.39, 0.29) is 12.0 Å². The lowest BCUT2D eigenvalue weighted by molar-refractivity contribution is -0.139. The first-order valence-electron chi connectivity index (χ1n) is 5.43. The molecule has 0 amide bonds. The van der Waals surface area contributed by atoms with Crippen LogP contribution < -0.4 is 0 Å². The molecule has 1 N–H and O–H groups in total. The molecule has 0 spiro atoms. The minimum absolute atomic E-state index is 0.0163. The summed E-state index contributed by atoms with van der Waals surface area (Å²) in [5.74, 6) is -0.450. The topological polar surface area (TPSA) is 46.5 Å². The lowest BCUT2D eigenvalue weighted by Crippen LogP contribution is -2.06. The maximum absolute atomic E-state index is 12.5. The molecule has 1 aromatic rings. The van der Waals surface area contributed by atoms with Gasteiger partial charge in [0.2, 0.25) is 0 Å². The molecule has 0 aliphatic heterocycles. The van der Waals surface area contributed by atoms with Crippen molar-refractivity contribution in [3.05, 3.63) is 41.0 Å². The van der Waals surface area contributed by atoms with Crippen LogP contribution in [0.3, 0.4) is 0 Å². The molecule has 0 bridgehead atoms. The Labute approximate surface area is 108 Å². The van der Waals surface area contributed by atoms with Crippen LogP contribution in [0.5, 0.6) is 0 Å². The molecule has 104 valence electrons. The number of aliphatic hydroxyl groups excluding tert-OH is 1. The number of methoxy groups -OCH3 is 1. The molecule has 1 aromatic carbocycles. The lowest BCUT2D eigenvalue weighted by Gasteiger charge is -2.10. The fourth-order valence-electron chi connectivity index (χ4n) is 1.45. The van der Waals surface area contributed by atoms with E-state index >= 15 is 0 Å². The second kappa shape index (κ2) is 6.38. The van der Waals surface area contributed by atoms with Gasteiger partial charge in [-0.1, -0.05) is 18.2 Å². The first-order valence-corrected chi connectivity index (χ1v) is 5.43. The van der Waals surface area contributed by atoms with Crippen molar-refractivity contribution < 1.29 is 27.8 Å². The van der Waals surface area contributed by atoms with Crippen molar-refractivity contribution in [1.82, 2.24) is 0 Å². The van der Waals surface area contributed by atoms with Crippen LogP contribution in [-0.4, -0.2) is 18.2 Å². The minimum atomic E-state index is -4.45. The van der Waals surface area contributed by atoms with Crippen LogP contribution in [0.4, 0.5) is 13.2 Å². The fourth-order valence-corrected chi connectivity index (χ4v) is 1.45. The Kier molecular flexibility index (Phi) is 5.11. The van der Waals surface area contributed by atoms with E-state index in [1.165, 1.54) is 25.3 Å². The highest BCUT2D eigenvalue weighted by molar-refractivity contribution is 5.72. The largest absolute Gasteiger partial charge is 0.469 e. The van der Waals surface area contributed by atoms with Crippen molar-refractivity contribution in [3.8, 4) is 0 Å². The summed E-state index contributed by atoms with van der Waals surface area (Å²) in [6.45, 7) is -0.512. The van der Waals surface area contributed by atoms with Gasteiger partial charge < -0.3 is 9.84 Å². The Morgan fingerprint density at radius 2 is 2.11 bits per heavy atom. The predicted molar refractivity (Wildman–Crippen MR) is 63.0 cm³/mol. The summed E-state index contributed by atoms with van der Waals surface area (Å²) >= 11 is 0. The van der Waals surface area contributed by atoms with Crippen LogP contribution in [0.25, 0.3) is 6.08 Å². The SMILES string of the molecule is COC(=O)CC=Cc1ccc(C(F)(F)F)cc1CO. The van der Waals surface area contributed by atoms with Gasteiger partial charge in [-0.2, -0.15) is 13.2 Å². The summed E-state index contributed by atoms with van der Waals surface area (Å²) in [6.07, 6.45) is -1.49. The van der Waals surface area contributed by atoms with Crippen LogP contribution in [0.2, 0.25) is 0 Å². The van der Waals surface area contributed by atoms with E-state index in [0.29, 0.717) is 5.56 Å². The fraction of sp³-hybridized carbons (Fsp3) is 0.308. The van der Waals surface area contributed by atoms with E-state index < -0.39 is 24.3 Å². The van der Waals surface area contributed by atoms with E-state index in [1.807, 2.05) is 0 Å². The molecule has 0 heterocycles. The van der Waals surface area contributed by atoms with E-state index in [0.717, 1.165) is 12.1 Å². The first-order chi connectivity index (χ1) is 8.88. The third-order valence-corrected chi connectivity index (χ3v) is 2.45. The van der Waals surface area contributed by atoms with E-state index in [2.05, 4.69) is 4.74 Å². The van der Waals surface area contributed by atoms with Crippen molar-refractivity contribution in [2.45, 2.75) is 19.2 Å². The van der Waals surface area contributed by atoms with Crippen molar-refractivity contribution in [1.29, 1.82) is 0 Å². The molecule has 6 heteroatoms. The maximum Gasteiger partial charge on any atom is 0.416 e. The predicted octanol–water partition coefficient (Wildman–Crippen LogP) is 2.77. The number of alkyl halides is 3. The second-order valence-corrected chi connectivity index (χ2v) is 3.75. The van der Waals surface area contributed by atoms with Crippen molar-refractivity contribution in [2.75, 3.05) is 7.11 Å². The van der Waals surface area contributed by atoms with Crippen molar-refractivity contribution in [3.63, 3.8) is 0 Å². The smallest absolute Gasteiger partial charge is 0.416 e. The molecule has 3 nitrogen and oxygen atoms in total. The number of carbonyl (C=O) groups is 1. The molecule has 0 saturated carbocycles. The first kappa shape index (κ1) is 15.2. The summed E-state index contributed by atoms with van der Waals surface area (Å²) in [5.41, 5.74) is -0.239. The average Bonchev–Trinajstić information content (AvgIpc) is 2.37. The van der Waals surface area contributed by atoms with Crippen LogP contribution in [0.15, 0.2) is 24.3 Å². The molecule has 19 heavy (non-hydrogen) atoms. The number of rotatable bonds is 4. The van der Waals surface area contributed by atoms with Gasteiger partial charge >= 0.3 is 12.1 Å². The number of ether oxygens (including phenoxy) is 1. The number of benzene rings is 1. The number of aliphatic hydroxyl groups is 1. The van der Waals surface area contributed by atoms with Gasteiger partial charge in [-0.25, -0.2) is 0 Å². The second-order valence-electron chi connectivity index (χ2n) is 3.75. The third kappa shape index (κ3) is 4.40. The molecule has 0 aliphatic carbocycles. The molecule has 0 saturated heterocycles. The van der Waals surface area contributed by atoms with Gasteiger partial charge in [0.1, 0.15) is 0 Å². The molecule has 1 rings (SSSR count). The summed E-state index contributed by atoms with van der Waals surface area (Å²) in [7, 11) is 1.24. The monoisotopic (exact) mass is 274 g/mol. The van der Waals surface area contributed by atoms with Crippen molar-refractivity contribution in [2.24, 2.45) is 0 Å². The highest BCUT2D eigenvalue weighted by Gasteiger charge is 2.30. The van der Waals surface area contributed by atoms with Crippen LogP contribution in [0, 0.1) is 0 Å². The number of esters is 1. The summed E-state index contributed by atoms with van der Waals surface area (Å²) in [4.78, 5) is 10.9. The highest BCUT2D eigenvalue weighted by Crippen LogP contribution is 2.30. The molecule has 0 aromatic heterocycles. The Balaban J connectivity index is 2.94. The number of carbonyl (C=O) groups excluding carboxylic acids is 1. The molecule has 0 aliphatic rings. The van der Waals surface area contributed by atoms with Crippen LogP contribution >= 0.6 is 0 Å². The quantitative estimate of drug-likeness (QED) is 0.859. The highest BCUT2D eigenvalue weighted by atomic mass is 19.4. The third-order valence-electron chi connectivity index (χ3n) is 2.45. The summed E-state index contributed by atoms with van der Waals surface area (Å²) < 4.78 is 41.9. The van der Waals surface area contributed by atoms with Crippen LogP contribution in [0.1, 0.15) is 23.1 Å². The van der Waals surface area contributed by atoms with Gasteiger partial charge in [0.05, 0.1) is 25.7 Å². The summed E-state index contributed by atoms with van der Waals surface area (Å²) in [5, 5.41) is 9.07. The maximum atomic E-state index is 12.5. The molecule has 0 unspecified atom stereocenters. The zero-order valence-electron chi connectivity index (χ0n) is 10.2. The van der Waals surface area contributed by atoms with Gasteiger partial charge in [-0.15, -0.1) is 0 Å². The minimum Gasteiger partial charge on any atom is -0.469 e. The molecule has 0 radical (unpaired) electrons. The Morgan fingerprint density at radius 1 is 1.42 bits per heavy atom. The average molecular weight is 274 g/mol. The Bertz CT molecular complexity index is 479. The molecular weight excluding hydrogens is 261 g/mol. The number of hydrogen-bond donors (Lipinski definition) is 1. The standard InChI is InChI=1S/C13H13F3O3/c1-19-12(18)4-2-3-9-5-6-11(13(14,15)16)7-10(9)8-17/h2-3,5-7,17H,4,8H2,1H3. The number of halogens is 3. The Morgan fingerprint density at radius 3 is 2.63 bits per heavy atom. The molecule has 0 atom stereocenters. The van der Waals surface area contributed by atoms with Gasteiger partial charge in [0, 0.05) is 0 Å². The Hall–Kier alpha value is -1.82.